The van der Waals surface area contributed by atoms with Crippen LogP contribution in [0.1, 0.15) is 18.4 Å². The Bertz CT molecular complexity index is 1110. The van der Waals surface area contributed by atoms with Gasteiger partial charge in [-0.2, -0.15) is 20.1 Å². The maximum atomic E-state index is 10.9. The second-order valence-electron chi connectivity index (χ2n) is 7.02. The largest absolute Gasteiger partial charge is 0.496 e. The molecule has 2 N–H and O–H groups in total. The van der Waals surface area contributed by atoms with E-state index in [1.165, 1.54) is 12.1 Å². The van der Waals surface area contributed by atoms with Crippen molar-refractivity contribution in [2.75, 3.05) is 35.8 Å². The van der Waals surface area contributed by atoms with Crippen LogP contribution in [0.4, 0.5) is 29.2 Å². The summed E-state index contributed by atoms with van der Waals surface area (Å²) in [5, 5.41) is 18.2. The molecule has 4 rings (SSSR count). The number of para-hydroxylation sites is 1. The number of aromatic nitrogens is 3. The van der Waals surface area contributed by atoms with Crippen LogP contribution < -0.4 is 20.4 Å². The molecule has 0 radical (unpaired) electrons. The zero-order chi connectivity index (χ0) is 22.3. The first-order chi connectivity index (χ1) is 15.6. The van der Waals surface area contributed by atoms with Crippen molar-refractivity contribution in [1.82, 2.24) is 15.0 Å². The number of nitro groups is 1. The van der Waals surface area contributed by atoms with Crippen molar-refractivity contribution in [2.24, 2.45) is 5.10 Å². The number of rotatable bonds is 8. The van der Waals surface area contributed by atoms with Crippen molar-refractivity contribution in [3.63, 3.8) is 0 Å². The third-order valence-electron chi connectivity index (χ3n) is 4.85. The lowest BCUT2D eigenvalue weighted by molar-refractivity contribution is -0.384. The van der Waals surface area contributed by atoms with Gasteiger partial charge in [-0.1, -0.05) is 12.1 Å². The molecule has 164 valence electrons. The van der Waals surface area contributed by atoms with Gasteiger partial charge in [-0.05, 0) is 37.1 Å². The van der Waals surface area contributed by atoms with Gasteiger partial charge in [0.2, 0.25) is 17.8 Å². The van der Waals surface area contributed by atoms with Gasteiger partial charge < -0.3 is 15.0 Å². The standard InChI is InChI=1S/C21H22N8O3/c1-32-18-7-3-2-6-15(18)14-22-27-20-24-19(25-21(26-20)28-12-4-5-13-28)23-16-8-10-17(11-9-16)29(30)31/h2-3,6-11,14H,4-5,12-13H2,1H3,(H2,23,24,25,26,27)/b22-14-. The molecule has 2 aromatic carbocycles. The van der Waals surface area contributed by atoms with Crippen LogP contribution in [-0.2, 0) is 0 Å². The Morgan fingerprint density at radius 2 is 1.78 bits per heavy atom. The monoisotopic (exact) mass is 434 g/mol. The van der Waals surface area contributed by atoms with E-state index in [2.05, 4.69) is 35.7 Å². The van der Waals surface area contributed by atoms with Crippen LogP contribution >= 0.6 is 0 Å². The fourth-order valence-electron chi connectivity index (χ4n) is 3.26. The molecule has 1 aromatic heterocycles. The second-order valence-corrected chi connectivity index (χ2v) is 7.02. The normalized spacial score (nSPS) is 13.3. The van der Waals surface area contributed by atoms with E-state index in [1.54, 1.807) is 25.5 Å². The molecular weight excluding hydrogens is 412 g/mol. The van der Waals surface area contributed by atoms with Crippen molar-refractivity contribution in [1.29, 1.82) is 0 Å². The molecule has 0 saturated carbocycles. The number of hydrogen-bond donors (Lipinski definition) is 2. The Morgan fingerprint density at radius 1 is 1.06 bits per heavy atom. The molecule has 32 heavy (non-hydrogen) atoms. The van der Waals surface area contributed by atoms with E-state index in [9.17, 15) is 10.1 Å². The lowest BCUT2D eigenvalue weighted by atomic mass is 10.2. The quantitative estimate of drug-likeness (QED) is 0.310. The molecular formula is C21H22N8O3. The Morgan fingerprint density at radius 3 is 2.50 bits per heavy atom. The Kier molecular flexibility index (Phi) is 6.35. The van der Waals surface area contributed by atoms with E-state index in [1.807, 2.05) is 24.3 Å². The number of nitrogens with one attached hydrogen (secondary N) is 2. The van der Waals surface area contributed by atoms with E-state index < -0.39 is 4.92 Å². The van der Waals surface area contributed by atoms with Crippen molar-refractivity contribution in [3.8, 4) is 5.75 Å². The van der Waals surface area contributed by atoms with Crippen LogP contribution in [0, 0.1) is 10.1 Å². The van der Waals surface area contributed by atoms with Gasteiger partial charge in [0.15, 0.2) is 0 Å². The molecule has 1 aliphatic rings. The van der Waals surface area contributed by atoms with Crippen molar-refractivity contribution >= 4 is 35.4 Å². The maximum Gasteiger partial charge on any atom is 0.269 e. The van der Waals surface area contributed by atoms with Gasteiger partial charge in [0.05, 0.1) is 18.2 Å². The summed E-state index contributed by atoms with van der Waals surface area (Å²) in [6.07, 6.45) is 3.78. The number of hydrazone groups is 1. The highest BCUT2D eigenvalue weighted by Crippen LogP contribution is 2.22. The summed E-state index contributed by atoms with van der Waals surface area (Å²) < 4.78 is 5.32. The van der Waals surface area contributed by atoms with Gasteiger partial charge in [-0.3, -0.25) is 10.1 Å². The summed E-state index contributed by atoms with van der Waals surface area (Å²) >= 11 is 0. The summed E-state index contributed by atoms with van der Waals surface area (Å²) in [5.41, 5.74) is 4.29. The Labute approximate surface area is 184 Å². The molecule has 11 nitrogen and oxygen atoms in total. The van der Waals surface area contributed by atoms with Gasteiger partial charge >= 0.3 is 0 Å². The molecule has 0 amide bonds. The molecule has 0 atom stereocenters. The summed E-state index contributed by atoms with van der Waals surface area (Å²) in [6.45, 7) is 1.73. The molecule has 2 heterocycles. The number of nitro benzene ring substituents is 1. The lowest BCUT2D eigenvalue weighted by Crippen LogP contribution is -2.21. The number of hydrogen-bond acceptors (Lipinski definition) is 10. The molecule has 3 aromatic rings. The van der Waals surface area contributed by atoms with Crippen LogP contribution in [0.2, 0.25) is 0 Å². The fraction of sp³-hybridized carbons (Fsp3) is 0.238. The van der Waals surface area contributed by atoms with E-state index >= 15 is 0 Å². The molecule has 1 aliphatic heterocycles. The minimum absolute atomic E-state index is 0.0111. The number of ether oxygens (including phenoxy) is 1. The molecule has 11 heteroatoms. The zero-order valence-electron chi connectivity index (χ0n) is 17.4. The van der Waals surface area contributed by atoms with Crippen molar-refractivity contribution < 1.29 is 9.66 Å². The minimum Gasteiger partial charge on any atom is -0.496 e. The average Bonchev–Trinajstić information content (AvgIpc) is 3.35. The first-order valence-corrected chi connectivity index (χ1v) is 10.1. The minimum atomic E-state index is -0.444. The van der Waals surface area contributed by atoms with Crippen LogP contribution in [0.3, 0.4) is 0 Å². The Hall–Kier alpha value is -4.28. The predicted molar refractivity (Wildman–Crippen MR) is 122 cm³/mol. The summed E-state index contributed by atoms with van der Waals surface area (Å²) in [5.74, 6) is 1.83. The van der Waals surface area contributed by atoms with Gasteiger partial charge in [0.1, 0.15) is 5.75 Å². The van der Waals surface area contributed by atoms with Gasteiger partial charge in [-0.25, -0.2) is 5.43 Å². The van der Waals surface area contributed by atoms with Gasteiger partial charge in [-0.15, -0.1) is 0 Å². The first kappa shape index (κ1) is 21.0. The SMILES string of the molecule is COc1ccccc1/C=N\Nc1nc(Nc2ccc([N+](=O)[O-])cc2)nc(N2CCCC2)n1. The number of anilines is 4. The van der Waals surface area contributed by atoms with E-state index in [0.29, 0.717) is 23.3 Å². The summed E-state index contributed by atoms with van der Waals surface area (Å²) in [6, 6.07) is 13.5. The molecule has 0 spiro atoms. The summed E-state index contributed by atoms with van der Waals surface area (Å²) in [7, 11) is 1.60. The van der Waals surface area contributed by atoms with Crippen LogP contribution in [0.15, 0.2) is 53.6 Å². The molecule has 1 fully saturated rings. The fourth-order valence-corrected chi connectivity index (χ4v) is 3.26. The highest BCUT2D eigenvalue weighted by Gasteiger charge is 2.17. The van der Waals surface area contributed by atoms with E-state index in [-0.39, 0.29) is 11.6 Å². The van der Waals surface area contributed by atoms with Crippen LogP contribution in [0.25, 0.3) is 0 Å². The average molecular weight is 434 g/mol. The maximum absolute atomic E-state index is 10.9. The van der Waals surface area contributed by atoms with Crippen LogP contribution in [0.5, 0.6) is 5.75 Å². The first-order valence-electron chi connectivity index (χ1n) is 10.1. The van der Waals surface area contributed by atoms with Gasteiger partial charge in [0.25, 0.3) is 5.69 Å². The van der Waals surface area contributed by atoms with Crippen molar-refractivity contribution in [2.45, 2.75) is 12.8 Å². The number of non-ortho nitro benzene ring substituents is 1. The molecule has 1 saturated heterocycles. The van der Waals surface area contributed by atoms with Crippen molar-refractivity contribution in [3.05, 3.63) is 64.2 Å². The number of nitrogens with zero attached hydrogens (tertiary/aromatic N) is 6. The third kappa shape index (κ3) is 5.06. The predicted octanol–water partition coefficient (Wildman–Crippen LogP) is 3.58. The molecule has 0 bridgehead atoms. The second kappa shape index (κ2) is 9.69. The highest BCUT2D eigenvalue weighted by atomic mass is 16.6. The number of methoxy groups -OCH3 is 1. The smallest absolute Gasteiger partial charge is 0.269 e. The van der Waals surface area contributed by atoms with E-state index in [4.69, 9.17) is 4.74 Å². The topological polar surface area (TPSA) is 131 Å². The lowest BCUT2D eigenvalue weighted by Gasteiger charge is -2.16. The number of benzene rings is 2. The van der Waals surface area contributed by atoms with Crippen LogP contribution in [-0.4, -0.2) is 46.3 Å². The Balaban J connectivity index is 1.56. The molecule has 0 unspecified atom stereocenters. The zero-order valence-corrected chi connectivity index (χ0v) is 17.4. The van der Waals surface area contributed by atoms with E-state index in [0.717, 1.165) is 31.5 Å². The third-order valence-corrected chi connectivity index (χ3v) is 4.85. The summed E-state index contributed by atoms with van der Waals surface area (Å²) in [4.78, 5) is 25.9. The van der Waals surface area contributed by atoms with Gasteiger partial charge in [0, 0.05) is 36.5 Å². The molecule has 0 aliphatic carbocycles. The highest BCUT2D eigenvalue weighted by molar-refractivity contribution is 5.83.